The minimum absolute atomic E-state index is 0.0444. The van der Waals surface area contributed by atoms with E-state index >= 15 is 0 Å². The van der Waals surface area contributed by atoms with Gasteiger partial charge in [-0.05, 0) is 13.8 Å². The van der Waals surface area contributed by atoms with Crippen LogP contribution >= 0.6 is 11.6 Å². The van der Waals surface area contributed by atoms with Gasteiger partial charge in [0, 0.05) is 13.1 Å². The molecule has 2 atom stereocenters. The monoisotopic (exact) mass is 255 g/mol. The van der Waals surface area contributed by atoms with Crippen LogP contribution < -0.4 is 0 Å². The molecule has 0 N–H and O–H groups in total. The van der Waals surface area contributed by atoms with Gasteiger partial charge in [0.05, 0.1) is 24.6 Å². The summed E-state index contributed by atoms with van der Waals surface area (Å²) in [5, 5.41) is 0.283. The maximum atomic E-state index is 12.1. The highest BCUT2D eigenvalue weighted by atomic mass is 35.5. The molecular weight excluding hydrogens is 242 g/mol. The van der Waals surface area contributed by atoms with Gasteiger partial charge in [0.2, 0.25) is 0 Å². The summed E-state index contributed by atoms with van der Waals surface area (Å²) in [5.74, 6) is -0.129. The number of hydrogen-bond donors (Lipinski definition) is 0. The SMILES string of the molecule is CC1CN(C(=O)c2cnc(Cl)cn2)CC(C)O1. The van der Waals surface area contributed by atoms with Crippen LogP contribution in [0.5, 0.6) is 0 Å². The maximum Gasteiger partial charge on any atom is 0.274 e. The van der Waals surface area contributed by atoms with Crippen LogP contribution in [-0.4, -0.2) is 46.1 Å². The zero-order valence-corrected chi connectivity index (χ0v) is 10.5. The van der Waals surface area contributed by atoms with E-state index in [0.717, 1.165) is 0 Å². The van der Waals surface area contributed by atoms with Gasteiger partial charge < -0.3 is 9.64 Å². The van der Waals surface area contributed by atoms with Crippen LogP contribution in [0, 0.1) is 0 Å². The third kappa shape index (κ3) is 2.92. The summed E-state index contributed by atoms with van der Waals surface area (Å²) >= 11 is 5.63. The van der Waals surface area contributed by atoms with E-state index in [-0.39, 0.29) is 23.3 Å². The first-order chi connectivity index (χ1) is 8.06. The molecule has 0 bridgehead atoms. The van der Waals surface area contributed by atoms with E-state index in [0.29, 0.717) is 18.8 Å². The number of ether oxygens (including phenoxy) is 1. The fourth-order valence-corrected chi connectivity index (χ4v) is 2.03. The number of halogens is 1. The molecular formula is C11H14ClN3O2. The molecule has 0 spiro atoms. The van der Waals surface area contributed by atoms with Gasteiger partial charge in [0.15, 0.2) is 0 Å². The normalized spacial score (nSPS) is 24.8. The van der Waals surface area contributed by atoms with Gasteiger partial charge in [-0.1, -0.05) is 11.6 Å². The quantitative estimate of drug-likeness (QED) is 0.761. The molecule has 0 aliphatic carbocycles. The average Bonchev–Trinajstić information content (AvgIpc) is 2.28. The van der Waals surface area contributed by atoms with Crippen molar-refractivity contribution >= 4 is 17.5 Å². The number of morpholine rings is 1. The molecule has 1 saturated heterocycles. The Balaban J connectivity index is 2.11. The largest absolute Gasteiger partial charge is 0.372 e. The predicted molar refractivity (Wildman–Crippen MR) is 63.0 cm³/mol. The molecule has 6 heteroatoms. The topological polar surface area (TPSA) is 55.3 Å². The number of carbonyl (C=O) groups is 1. The van der Waals surface area contributed by atoms with Crippen molar-refractivity contribution in [2.24, 2.45) is 0 Å². The van der Waals surface area contributed by atoms with E-state index in [1.54, 1.807) is 4.90 Å². The van der Waals surface area contributed by atoms with Crippen LogP contribution in [0.3, 0.4) is 0 Å². The van der Waals surface area contributed by atoms with Gasteiger partial charge >= 0.3 is 0 Å². The molecule has 1 amide bonds. The molecule has 5 nitrogen and oxygen atoms in total. The molecule has 17 heavy (non-hydrogen) atoms. The Bertz CT molecular complexity index is 400. The lowest BCUT2D eigenvalue weighted by Gasteiger charge is -2.35. The van der Waals surface area contributed by atoms with E-state index < -0.39 is 0 Å². The fourth-order valence-electron chi connectivity index (χ4n) is 1.93. The first-order valence-corrected chi connectivity index (χ1v) is 5.86. The Morgan fingerprint density at radius 1 is 1.35 bits per heavy atom. The van der Waals surface area contributed by atoms with Gasteiger partial charge in [0.25, 0.3) is 5.91 Å². The van der Waals surface area contributed by atoms with Gasteiger partial charge in [-0.3, -0.25) is 4.79 Å². The van der Waals surface area contributed by atoms with Crippen LogP contribution in [0.15, 0.2) is 12.4 Å². The van der Waals surface area contributed by atoms with Crippen molar-refractivity contribution in [3.8, 4) is 0 Å². The molecule has 1 fully saturated rings. The predicted octanol–water partition coefficient (Wildman–Crippen LogP) is 1.38. The van der Waals surface area contributed by atoms with Gasteiger partial charge in [0.1, 0.15) is 10.8 Å². The summed E-state index contributed by atoms with van der Waals surface area (Å²) in [7, 11) is 0. The van der Waals surface area contributed by atoms with Crippen molar-refractivity contribution < 1.29 is 9.53 Å². The summed E-state index contributed by atoms with van der Waals surface area (Å²) in [6.07, 6.45) is 2.86. The molecule has 0 radical (unpaired) electrons. The van der Waals surface area contributed by atoms with Crippen LogP contribution in [0.25, 0.3) is 0 Å². The Kier molecular flexibility index (Phi) is 3.59. The minimum atomic E-state index is -0.129. The van der Waals surface area contributed by atoms with Crippen LogP contribution in [0.1, 0.15) is 24.3 Å². The van der Waals surface area contributed by atoms with Gasteiger partial charge in [-0.25, -0.2) is 9.97 Å². The molecule has 1 aromatic rings. The van der Waals surface area contributed by atoms with E-state index in [4.69, 9.17) is 16.3 Å². The molecule has 0 saturated carbocycles. The number of amides is 1. The molecule has 1 aromatic heterocycles. The second-order valence-electron chi connectivity index (χ2n) is 4.19. The Morgan fingerprint density at radius 3 is 2.53 bits per heavy atom. The number of hydrogen-bond acceptors (Lipinski definition) is 4. The zero-order chi connectivity index (χ0) is 12.4. The van der Waals surface area contributed by atoms with E-state index in [2.05, 4.69) is 9.97 Å². The Labute approximate surface area is 105 Å². The van der Waals surface area contributed by atoms with E-state index in [9.17, 15) is 4.79 Å². The molecule has 2 rings (SSSR count). The first kappa shape index (κ1) is 12.3. The average molecular weight is 256 g/mol. The maximum absolute atomic E-state index is 12.1. The fraction of sp³-hybridized carbons (Fsp3) is 0.545. The smallest absolute Gasteiger partial charge is 0.274 e. The highest BCUT2D eigenvalue weighted by molar-refractivity contribution is 6.29. The van der Waals surface area contributed by atoms with Crippen molar-refractivity contribution in [2.45, 2.75) is 26.1 Å². The summed E-state index contributed by atoms with van der Waals surface area (Å²) in [5.41, 5.74) is 0.315. The number of aromatic nitrogens is 2. The summed E-state index contributed by atoms with van der Waals surface area (Å²) in [6.45, 7) is 5.05. The van der Waals surface area contributed by atoms with Crippen molar-refractivity contribution in [1.29, 1.82) is 0 Å². The van der Waals surface area contributed by atoms with E-state index in [1.807, 2.05) is 13.8 Å². The lowest BCUT2D eigenvalue weighted by atomic mass is 10.2. The van der Waals surface area contributed by atoms with Gasteiger partial charge in [-0.15, -0.1) is 0 Å². The highest BCUT2D eigenvalue weighted by Crippen LogP contribution is 2.13. The second-order valence-corrected chi connectivity index (χ2v) is 4.58. The van der Waals surface area contributed by atoms with Crippen LogP contribution in [-0.2, 0) is 4.74 Å². The summed E-state index contributed by atoms with van der Waals surface area (Å²) in [6, 6.07) is 0. The molecule has 1 aliphatic heterocycles. The molecule has 92 valence electrons. The van der Waals surface area contributed by atoms with Crippen molar-refractivity contribution in [3.05, 3.63) is 23.2 Å². The van der Waals surface area contributed by atoms with Crippen LogP contribution in [0.4, 0.5) is 0 Å². The third-order valence-corrected chi connectivity index (χ3v) is 2.74. The number of carbonyl (C=O) groups excluding carboxylic acids is 1. The second kappa shape index (κ2) is 4.98. The molecule has 0 aromatic carbocycles. The van der Waals surface area contributed by atoms with Crippen molar-refractivity contribution in [3.63, 3.8) is 0 Å². The molecule has 2 heterocycles. The highest BCUT2D eigenvalue weighted by Gasteiger charge is 2.27. The molecule has 2 unspecified atom stereocenters. The lowest BCUT2D eigenvalue weighted by molar-refractivity contribution is -0.0587. The Morgan fingerprint density at radius 2 is 2.00 bits per heavy atom. The Hall–Kier alpha value is -1.20. The zero-order valence-electron chi connectivity index (χ0n) is 9.76. The van der Waals surface area contributed by atoms with Gasteiger partial charge in [-0.2, -0.15) is 0 Å². The van der Waals surface area contributed by atoms with Crippen molar-refractivity contribution in [2.75, 3.05) is 13.1 Å². The lowest BCUT2D eigenvalue weighted by Crippen LogP contribution is -2.48. The van der Waals surface area contributed by atoms with E-state index in [1.165, 1.54) is 12.4 Å². The summed E-state index contributed by atoms with van der Waals surface area (Å²) in [4.78, 5) is 21.7. The number of nitrogens with zero attached hydrogens (tertiary/aromatic N) is 3. The first-order valence-electron chi connectivity index (χ1n) is 5.48. The minimum Gasteiger partial charge on any atom is -0.372 e. The third-order valence-electron chi connectivity index (χ3n) is 2.55. The number of rotatable bonds is 1. The standard InChI is InChI=1S/C11H14ClN3O2/c1-7-5-15(6-8(2)17-7)11(16)9-3-14-10(12)4-13-9/h3-4,7-8H,5-6H2,1-2H3. The summed E-state index contributed by atoms with van der Waals surface area (Å²) < 4.78 is 5.57. The van der Waals surface area contributed by atoms with Crippen molar-refractivity contribution in [1.82, 2.24) is 14.9 Å². The van der Waals surface area contributed by atoms with Crippen LogP contribution in [0.2, 0.25) is 5.15 Å². The molecule has 1 aliphatic rings.